The summed E-state index contributed by atoms with van der Waals surface area (Å²) in [6, 6.07) is 18.6. The van der Waals surface area contributed by atoms with Gasteiger partial charge in [-0.15, -0.1) is 0 Å². The van der Waals surface area contributed by atoms with Crippen LogP contribution in [-0.4, -0.2) is 35.1 Å². The summed E-state index contributed by atoms with van der Waals surface area (Å²) < 4.78 is 11.0. The van der Waals surface area contributed by atoms with Gasteiger partial charge in [-0.3, -0.25) is 4.79 Å². The van der Waals surface area contributed by atoms with Gasteiger partial charge in [-0.25, -0.2) is 4.98 Å². The molecule has 0 atom stereocenters. The van der Waals surface area contributed by atoms with Crippen molar-refractivity contribution in [1.29, 1.82) is 0 Å². The number of methoxy groups -OCH3 is 2. The van der Waals surface area contributed by atoms with Gasteiger partial charge in [0.25, 0.3) is 0 Å². The van der Waals surface area contributed by atoms with E-state index in [1.807, 2.05) is 36.4 Å². The van der Waals surface area contributed by atoms with Crippen molar-refractivity contribution in [2.75, 3.05) is 24.9 Å². The van der Waals surface area contributed by atoms with E-state index in [4.69, 9.17) is 26.7 Å². The summed E-state index contributed by atoms with van der Waals surface area (Å²) in [6.45, 7) is 1.53. The van der Waals surface area contributed by atoms with Crippen LogP contribution in [0.2, 0.25) is 0 Å². The summed E-state index contributed by atoms with van der Waals surface area (Å²) >= 11 is 5.53. The number of aromatic amines is 1. The molecule has 4 rings (SSSR count). The summed E-state index contributed by atoms with van der Waals surface area (Å²) in [7, 11) is 3.16. The summed E-state index contributed by atoms with van der Waals surface area (Å²) in [5.41, 5.74) is 4.53. The van der Waals surface area contributed by atoms with Crippen molar-refractivity contribution in [3.63, 3.8) is 0 Å². The third-order valence-corrected chi connectivity index (χ3v) is 5.15. The molecular formula is C24H22N4O3S. The number of H-pyrrole nitrogens is 1. The zero-order chi connectivity index (χ0) is 22.7. The van der Waals surface area contributed by atoms with Crippen molar-refractivity contribution in [3.8, 4) is 22.9 Å². The molecule has 0 spiro atoms. The van der Waals surface area contributed by atoms with Gasteiger partial charge in [-0.1, -0.05) is 24.3 Å². The van der Waals surface area contributed by atoms with E-state index in [1.54, 1.807) is 38.5 Å². The topological polar surface area (TPSA) is 88.3 Å². The number of hydrogen-bond donors (Lipinski definition) is 3. The quantitative estimate of drug-likeness (QED) is 0.275. The van der Waals surface area contributed by atoms with Crippen LogP contribution in [0.5, 0.6) is 11.5 Å². The summed E-state index contributed by atoms with van der Waals surface area (Å²) in [4.78, 5) is 19.7. The lowest BCUT2D eigenvalue weighted by Crippen LogP contribution is -2.20. The number of aromatic nitrogens is 2. The molecule has 0 aliphatic carbocycles. The third-order valence-electron chi connectivity index (χ3n) is 4.94. The number of para-hydroxylation sites is 2. The smallest absolute Gasteiger partial charge is 0.175 e. The number of thiocarbonyl (C=S) groups is 1. The second-order valence-electron chi connectivity index (χ2n) is 7.07. The number of carbonyl (C=O) groups excluding carboxylic acids is 1. The van der Waals surface area contributed by atoms with Crippen molar-refractivity contribution in [3.05, 3.63) is 66.2 Å². The molecule has 7 nitrogen and oxygen atoms in total. The fourth-order valence-corrected chi connectivity index (χ4v) is 3.59. The first-order valence-electron chi connectivity index (χ1n) is 9.88. The molecule has 0 radical (unpaired) electrons. The summed E-state index contributed by atoms with van der Waals surface area (Å²) in [5.74, 6) is 1.77. The summed E-state index contributed by atoms with van der Waals surface area (Å²) in [5, 5.41) is 6.70. The number of nitrogens with one attached hydrogen (secondary N) is 3. The average molecular weight is 447 g/mol. The van der Waals surface area contributed by atoms with Gasteiger partial charge in [0, 0.05) is 22.9 Å². The molecule has 0 aliphatic heterocycles. The Kier molecular flexibility index (Phi) is 6.04. The second-order valence-corrected chi connectivity index (χ2v) is 7.48. The van der Waals surface area contributed by atoms with Gasteiger partial charge < -0.3 is 25.1 Å². The highest BCUT2D eigenvalue weighted by molar-refractivity contribution is 7.80. The predicted molar refractivity (Wildman–Crippen MR) is 131 cm³/mol. The molecule has 162 valence electrons. The lowest BCUT2D eigenvalue weighted by molar-refractivity contribution is 0.101. The van der Waals surface area contributed by atoms with Gasteiger partial charge in [-0.2, -0.15) is 0 Å². The molecule has 0 fully saturated rings. The van der Waals surface area contributed by atoms with E-state index in [0.717, 1.165) is 16.6 Å². The Morgan fingerprint density at radius 2 is 1.72 bits per heavy atom. The van der Waals surface area contributed by atoms with E-state index in [0.29, 0.717) is 39.4 Å². The Morgan fingerprint density at radius 3 is 2.44 bits per heavy atom. The monoisotopic (exact) mass is 446 g/mol. The minimum atomic E-state index is -0.0143. The molecule has 0 bridgehead atoms. The number of rotatable bonds is 6. The van der Waals surface area contributed by atoms with Crippen LogP contribution in [0.1, 0.15) is 17.3 Å². The number of Topliss-reactive ketones (excluding diaryl/α,β-unsaturated/α-hetero) is 1. The van der Waals surface area contributed by atoms with E-state index < -0.39 is 0 Å². The minimum Gasteiger partial charge on any atom is -0.493 e. The first-order valence-corrected chi connectivity index (χ1v) is 10.3. The highest BCUT2D eigenvalue weighted by Gasteiger charge is 2.17. The zero-order valence-electron chi connectivity index (χ0n) is 17.9. The highest BCUT2D eigenvalue weighted by Crippen LogP contribution is 2.38. The van der Waals surface area contributed by atoms with Crippen LogP contribution in [0.15, 0.2) is 60.7 Å². The molecule has 0 aliphatic rings. The Balaban J connectivity index is 1.69. The van der Waals surface area contributed by atoms with Crippen LogP contribution in [0.4, 0.5) is 11.4 Å². The van der Waals surface area contributed by atoms with Gasteiger partial charge in [-0.05, 0) is 49.5 Å². The van der Waals surface area contributed by atoms with Crippen LogP contribution in [0.3, 0.4) is 0 Å². The number of imidazole rings is 1. The molecule has 1 aromatic heterocycles. The third kappa shape index (κ3) is 4.40. The van der Waals surface area contributed by atoms with Crippen molar-refractivity contribution < 1.29 is 14.3 Å². The number of benzene rings is 3. The molecule has 0 saturated heterocycles. The Bertz CT molecular complexity index is 1280. The van der Waals surface area contributed by atoms with Gasteiger partial charge in [0.2, 0.25) is 0 Å². The number of nitrogens with zero attached hydrogens (tertiary/aromatic N) is 1. The van der Waals surface area contributed by atoms with Gasteiger partial charge in [0.05, 0.1) is 30.9 Å². The van der Waals surface area contributed by atoms with E-state index in [1.165, 1.54) is 6.92 Å². The van der Waals surface area contributed by atoms with Crippen LogP contribution in [0, 0.1) is 0 Å². The van der Waals surface area contributed by atoms with Crippen LogP contribution < -0.4 is 20.1 Å². The lowest BCUT2D eigenvalue weighted by atomic mass is 10.1. The number of hydrogen-bond acceptors (Lipinski definition) is 5. The minimum absolute atomic E-state index is 0.0143. The molecular weight excluding hydrogens is 424 g/mol. The Hall–Kier alpha value is -3.91. The first-order chi connectivity index (χ1) is 15.5. The maximum absolute atomic E-state index is 11.7. The molecule has 0 saturated carbocycles. The largest absolute Gasteiger partial charge is 0.493 e. The molecule has 3 N–H and O–H groups in total. The number of ketones is 1. The fraction of sp³-hybridized carbons (Fsp3) is 0.125. The Labute approximate surface area is 190 Å². The molecule has 4 aromatic rings. The normalized spacial score (nSPS) is 10.6. The molecule has 8 heteroatoms. The number of anilines is 2. The Morgan fingerprint density at radius 1 is 0.969 bits per heavy atom. The zero-order valence-corrected chi connectivity index (χ0v) is 18.7. The number of carbonyl (C=O) groups is 1. The lowest BCUT2D eigenvalue weighted by Gasteiger charge is -2.17. The number of ether oxygens (including phenoxy) is 2. The van der Waals surface area contributed by atoms with Crippen LogP contribution >= 0.6 is 12.2 Å². The summed E-state index contributed by atoms with van der Waals surface area (Å²) in [6.07, 6.45) is 0. The van der Waals surface area contributed by atoms with Gasteiger partial charge in [0.1, 0.15) is 5.82 Å². The van der Waals surface area contributed by atoms with E-state index in [-0.39, 0.29) is 5.78 Å². The highest BCUT2D eigenvalue weighted by atomic mass is 32.1. The molecule has 0 amide bonds. The van der Waals surface area contributed by atoms with Gasteiger partial charge in [0.15, 0.2) is 22.4 Å². The van der Waals surface area contributed by atoms with Crippen molar-refractivity contribution in [2.45, 2.75) is 6.92 Å². The van der Waals surface area contributed by atoms with E-state index >= 15 is 0 Å². The van der Waals surface area contributed by atoms with Crippen molar-refractivity contribution in [2.24, 2.45) is 0 Å². The maximum atomic E-state index is 11.7. The van der Waals surface area contributed by atoms with Crippen LogP contribution in [0.25, 0.3) is 22.4 Å². The fourth-order valence-electron chi connectivity index (χ4n) is 3.36. The van der Waals surface area contributed by atoms with Crippen molar-refractivity contribution in [1.82, 2.24) is 9.97 Å². The van der Waals surface area contributed by atoms with Gasteiger partial charge >= 0.3 is 0 Å². The first kappa shape index (κ1) is 21.3. The second kappa shape index (κ2) is 9.07. The van der Waals surface area contributed by atoms with Crippen LogP contribution in [-0.2, 0) is 0 Å². The number of fused-ring (bicyclic) bond motifs is 1. The van der Waals surface area contributed by atoms with E-state index in [9.17, 15) is 4.79 Å². The molecule has 32 heavy (non-hydrogen) atoms. The molecule has 3 aromatic carbocycles. The average Bonchev–Trinajstić information content (AvgIpc) is 3.22. The molecule has 0 unspecified atom stereocenters. The van der Waals surface area contributed by atoms with Crippen molar-refractivity contribution >= 4 is 45.5 Å². The maximum Gasteiger partial charge on any atom is 0.175 e. The SMILES string of the molecule is COc1cc(NC(=S)Nc2cccc(C(C)=O)c2)c(-c2nc3ccccc3[nH]2)cc1OC. The standard InChI is InChI=1S/C24H22N4O3S/c1-14(29)15-7-6-8-16(11-15)25-24(32)28-20-13-22(31-3)21(30-2)12-17(20)23-26-18-9-4-5-10-19(18)27-23/h4-13H,1-3H3,(H,26,27)(H2,25,28,32). The van der Waals surface area contributed by atoms with E-state index in [2.05, 4.69) is 15.6 Å². The predicted octanol–water partition coefficient (Wildman–Crippen LogP) is 5.26. The molecule has 1 heterocycles.